The van der Waals surface area contributed by atoms with Crippen molar-refractivity contribution in [2.45, 2.75) is 76.8 Å². The Bertz CT molecular complexity index is 1520. The Hall–Kier alpha value is -3.63. The first-order chi connectivity index (χ1) is 17.7. The number of aromatic amines is 2. The quantitative estimate of drug-likeness (QED) is 0.225. The number of halogens is 7. The summed E-state index contributed by atoms with van der Waals surface area (Å²) in [4.78, 5) is 38.2. The maximum atomic E-state index is 13.3. The van der Waals surface area contributed by atoms with E-state index < -0.39 is 34.5 Å². The molecule has 18 heteroatoms. The summed E-state index contributed by atoms with van der Waals surface area (Å²) in [6, 6.07) is 0. The predicted molar refractivity (Wildman–Crippen MR) is 135 cm³/mol. The van der Waals surface area contributed by atoms with Gasteiger partial charge in [-0.25, -0.2) is 19.9 Å². The summed E-state index contributed by atoms with van der Waals surface area (Å²) in [6.45, 7) is 0. The lowest BCUT2D eigenvalue weighted by Crippen LogP contribution is -2.53. The Labute approximate surface area is 226 Å². The van der Waals surface area contributed by atoms with Gasteiger partial charge in [0.05, 0.1) is 0 Å². The van der Waals surface area contributed by atoms with Crippen LogP contribution in [0.1, 0.15) is 53.4 Å². The van der Waals surface area contributed by atoms with Crippen LogP contribution in [0.15, 0.2) is 22.2 Å². The fourth-order valence-corrected chi connectivity index (χ4v) is 5.04. The maximum absolute atomic E-state index is 13.3. The number of hydrogen-bond acceptors (Lipinski definition) is 7. The molecular formula is C22H26ClF6N9O2. The van der Waals surface area contributed by atoms with E-state index in [1.807, 2.05) is 0 Å². The van der Waals surface area contributed by atoms with E-state index in [-0.39, 0.29) is 73.6 Å². The van der Waals surface area contributed by atoms with Gasteiger partial charge in [0.25, 0.3) is 11.1 Å². The van der Waals surface area contributed by atoms with Crippen LogP contribution in [-0.4, -0.2) is 51.8 Å². The summed E-state index contributed by atoms with van der Waals surface area (Å²) in [5.74, 6) is -0.123. The van der Waals surface area contributed by atoms with Gasteiger partial charge in [-0.1, -0.05) is 26.5 Å². The van der Waals surface area contributed by atoms with Crippen molar-refractivity contribution in [3.05, 3.63) is 38.5 Å². The van der Waals surface area contributed by atoms with E-state index in [1.165, 1.54) is 0 Å². The lowest BCUT2D eigenvalue weighted by Gasteiger charge is -2.43. The average Bonchev–Trinajstić information content (AvgIpc) is 3.24. The van der Waals surface area contributed by atoms with Crippen molar-refractivity contribution in [3.8, 4) is 0 Å². The van der Waals surface area contributed by atoms with Gasteiger partial charge in [0.2, 0.25) is 0 Å². The van der Waals surface area contributed by atoms with Crippen LogP contribution in [0.3, 0.4) is 0 Å². The van der Waals surface area contributed by atoms with Crippen molar-refractivity contribution in [2.24, 2.45) is 0 Å². The first kappa shape index (κ1) is 30.9. The van der Waals surface area contributed by atoms with Gasteiger partial charge in [-0.2, -0.15) is 26.3 Å². The Kier molecular flexibility index (Phi) is 7.79. The van der Waals surface area contributed by atoms with Gasteiger partial charge in [0.15, 0.2) is 22.4 Å². The molecule has 0 bridgehead atoms. The molecule has 0 radical (unpaired) electrons. The summed E-state index contributed by atoms with van der Waals surface area (Å²) in [5.41, 5.74) is -0.292. The molecule has 220 valence electrons. The second-order valence-corrected chi connectivity index (χ2v) is 9.50. The van der Waals surface area contributed by atoms with Crippen LogP contribution in [0.5, 0.6) is 0 Å². The number of alkyl halides is 6. The fourth-order valence-electron chi connectivity index (χ4n) is 4.83. The van der Waals surface area contributed by atoms with E-state index in [2.05, 4.69) is 30.1 Å². The minimum Gasteiger partial charge on any atom is -0.383 e. The van der Waals surface area contributed by atoms with Crippen molar-refractivity contribution < 1.29 is 26.3 Å². The minimum absolute atomic E-state index is 0. The number of rotatable bonds is 2. The standard InChI is InChI=1S/C10H8ClF3N4O.C10H10F3N5O.2CH4/c11-6-5-7(16-4-15-6)18(17-8(5)19)9(2-1-3-9)10(12,13)14;11-10(12,13)9(2-1-3-9)18-7-5(8(19)17-18)6(14)15-4-16-7;;/h4H,1-3H2,(H,17,19);4H,1-3H2,(H,17,19)(H2,14,15,16);2*1H4. The van der Waals surface area contributed by atoms with Gasteiger partial charge in [0, 0.05) is 0 Å². The normalized spacial score (nSPS) is 17.6. The maximum Gasteiger partial charge on any atom is 0.413 e. The average molecular weight is 598 g/mol. The van der Waals surface area contributed by atoms with Crippen LogP contribution >= 0.6 is 11.6 Å². The zero-order valence-electron chi connectivity index (χ0n) is 19.1. The van der Waals surface area contributed by atoms with E-state index in [0.717, 1.165) is 22.0 Å². The second kappa shape index (κ2) is 10.1. The third-order valence-electron chi connectivity index (χ3n) is 7.21. The highest BCUT2D eigenvalue weighted by Gasteiger charge is 2.62. The monoisotopic (exact) mass is 597 g/mol. The summed E-state index contributed by atoms with van der Waals surface area (Å²) in [6.07, 6.45) is -6.28. The molecule has 4 heterocycles. The fraction of sp³-hybridized carbons (Fsp3) is 0.545. The zero-order chi connectivity index (χ0) is 27.7. The number of nitrogen functional groups attached to an aromatic ring is 1. The molecule has 0 amide bonds. The lowest BCUT2D eigenvalue weighted by molar-refractivity contribution is -0.242. The summed E-state index contributed by atoms with van der Waals surface area (Å²) < 4.78 is 81.2. The Morgan fingerprint density at radius 1 is 0.750 bits per heavy atom. The van der Waals surface area contributed by atoms with E-state index in [4.69, 9.17) is 17.3 Å². The van der Waals surface area contributed by atoms with E-state index in [9.17, 15) is 35.9 Å². The molecule has 2 aliphatic carbocycles. The number of fused-ring (bicyclic) bond motifs is 2. The second-order valence-electron chi connectivity index (χ2n) is 9.14. The van der Waals surface area contributed by atoms with Crippen molar-refractivity contribution in [1.29, 1.82) is 0 Å². The van der Waals surface area contributed by atoms with Crippen LogP contribution in [0.25, 0.3) is 22.1 Å². The first-order valence-electron chi connectivity index (χ1n) is 11.2. The summed E-state index contributed by atoms with van der Waals surface area (Å²) in [7, 11) is 0. The molecule has 0 spiro atoms. The van der Waals surface area contributed by atoms with Gasteiger partial charge >= 0.3 is 12.4 Å². The van der Waals surface area contributed by atoms with Gasteiger partial charge in [-0.3, -0.25) is 29.2 Å². The largest absolute Gasteiger partial charge is 0.413 e. The molecule has 0 unspecified atom stereocenters. The van der Waals surface area contributed by atoms with E-state index >= 15 is 0 Å². The van der Waals surface area contributed by atoms with E-state index in [1.54, 1.807) is 0 Å². The number of anilines is 1. The summed E-state index contributed by atoms with van der Waals surface area (Å²) >= 11 is 5.74. The van der Waals surface area contributed by atoms with Crippen molar-refractivity contribution in [2.75, 3.05) is 5.73 Å². The molecule has 6 rings (SSSR count). The molecule has 0 aliphatic heterocycles. The highest BCUT2D eigenvalue weighted by molar-refractivity contribution is 6.33. The van der Waals surface area contributed by atoms with Gasteiger partial charge < -0.3 is 5.73 Å². The molecule has 0 aromatic carbocycles. The van der Waals surface area contributed by atoms with Crippen LogP contribution in [0.2, 0.25) is 5.15 Å². The highest BCUT2D eigenvalue weighted by atomic mass is 35.5. The number of nitrogens with one attached hydrogen (secondary N) is 2. The lowest BCUT2D eigenvalue weighted by atomic mass is 9.76. The van der Waals surface area contributed by atoms with Crippen LogP contribution < -0.4 is 16.9 Å². The third-order valence-corrected chi connectivity index (χ3v) is 7.50. The zero-order valence-corrected chi connectivity index (χ0v) is 19.9. The summed E-state index contributed by atoms with van der Waals surface area (Å²) in [5, 5.41) is 4.04. The first-order valence-corrected chi connectivity index (χ1v) is 11.6. The number of nitrogens with zero attached hydrogens (tertiary/aromatic N) is 6. The van der Waals surface area contributed by atoms with Crippen LogP contribution in [-0.2, 0) is 11.1 Å². The third kappa shape index (κ3) is 4.30. The highest BCUT2D eigenvalue weighted by Crippen LogP contribution is 2.52. The Morgan fingerprint density at radius 3 is 1.55 bits per heavy atom. The molecule has 4 N–H and O–H groups in total. The smallest absolute Gasteiger partial charge is 0.383 e. The van der Waals surface area contributed by atoms with Gasteiger partial charge in [0.1, 0.15) is 34.4 Å². The van der Waals surface area contributed by atoms with Crippen molar-refractivity contribution in [3.63, 3.8) is 0 Å². The van der Waals surface area contributed by atoms with Crippen LogP contribution in [0.4, 0.5) is 32.2 Å². The van der Waals surface area contributed by atoms with Crippen LogP contribution in [0, 0.1) is 0 Å². The van der Waals surface area contributed by atoms with Crippen molar-refractivity contribution >= 4 is 39.5 Å². The molecule has 4 aromatic rings. The van der Waals surface area contributed by atoms with E-state index in [0.29, 0.717) is 12.8 Å². The number of aromatic nitrogens is 8. The van der Waals surface area contributed by atoms with Gasteiger partial charge in [-0.15, -0.1) is 0 Å². The number of H-pyrrole nitrogens is 2. The molecule has 4 aromatic heterocycles. The molecule has 2 aliphatic rings. The molecule has 2 fully saturated rings. The predicted octanol–water partition coefficient (Wildman–Crippen LogP) is 4.63. The van der Waals surface area contributed by atoms with Gasteiger partial charge in [-0.05, 0) is 38.5 Å². The minimum atomic E-state index is -4.46. The van der Waals surface area contributed by atoms with Crippen molar-refractivity contribution in [1.82, 2.24) is 39.5 Å². The SMILES string of the molecule is C.C.Nc1ncnc2c1c(=O)[nH]n2C1(C(F)(F)F)CCC1.O=c1[nH]n(C2(C(F)(F)F)CCC2)c2ncnc(Cl)c12. The molecule has 0 atom stereocenters. The number of nitrogens with two attached hydrogens (primary N) is 1. The molecule has 0 saturated heterocycles. The molecule has 2 saturated carbocycles. The molecule has 40 heavy (non-hydrogen) atoms. The topological polar surface area (TPSA) is 153 Å². The Balaban J connectivity index is 0.000000210. The molecular weight excluding hydrogens is 572 g/mol. The number of hydrogen-bond donors (Lipinski definition) is 3. The molecule has 11 nitrogen and oxygen atoms in total. The Morgan fingerprint density at radius 2 is 1.15 bits per heavy atom.